The summed E-state index contributed by atoms with van der Waals surface area (Å²) in [5.74, 6) is 0. The highest BCUT2D eigenvalue weighted by molar-refractivity contribution is 5.65. The van der Waals surface area contributed by atoms with E-state index in [0.29, 0.717) is 0 Å². The maximum Gasteiger partial charge on any atom is 0.0705 e. The predicted octanol–water partition coefficient (Wildman–Crippen LogP) is 7.06. The summed E-state index contributed by atoms with van der Waals surface area (Å²) in [6.07, 6.45) is 5.84. The molecule has 1 aromatic carbocycles. The van der Waals surface area contributed by atoms with Gasteiger partial charge in [0.25, 0.3) is 0 Å². The standard InChI is InChI=1S/C26H35N/c1-23(2)11-12-24(3,4)19-13-17(9-10-18(19)23)22-14-20-21(15-27-22)26(7,8)16-25(20,5)6/h9-10,13-15H,11-12,16H2,1-8H3. The highest BCUT2D eigenvalue weighted by Gasteiger charge is 2.42. The van der Waals surface area contributed by atoms with Crippen molar-refractivity contribution in [2.75, 3.05) is 0 Å². The summed E-state index contributed by atoms with van der Waals surface area (Å²) in [5, 5.41) is 0. The quantitative estimate of drug-likeness (QED) is 0.530. The molecule has 0 atom stereocenters. The third-order valence-electron chi connectivity index (χ3n) is 7.39. The van der Waals surface area contributed by atoms with Gasteiger partial charge in [-0.25, -0.2) is 0 Å². The van der Waals surface area contributed by atoms with Crippen LogP contribution in [-0.2, 0) is 21.7 Å². The van der Waals surface area contributed by atoms with Gasteiger partial charge in [-0.15, -0.1) is 0 Å². The van der Waals surface area contributed by atoms with Gasteiger partial charge in [-0.1, -0.05) is 67.5 Å². The summed E-state index contributed by atoms with van der Waals surface area (Å²) < 4.78 is 0. The third-order valence-corrected chi connectivity index (χ3v) is 7.39. The number of pyridine rings is 1. The normalized spacial score (nSPS) is 23.6. The molecule has 144 valence electrons. The van der Waals surface area contributed by atoms with Crippen LogP contribution < -0.4 is 0 Å². The minimum absolute atomic E-state index is 0.214. The first kappa shape index (κ1) is 18.7. The molecule has 0 radical (unpaired) electrons. The lowest BCUT2D eigenvalue weighted by Gasteiger charge is -2.42. The summed E-state index contributed by atoms with van der Waals surface area (Å²) in [7, 11) is 0. The van der Waals surface area contributed by atoms with Gasteiger partial charge in [-0.3, -0.25) is 4.98 Å². The molecule has 1 heteroatoms. The molecule has 0 saturated heterocycles. The molecular weight excluding hydrogens is 326 g/mol. The molecule has 0 unspecified atom stereocenters. The molecule has 1 aromatic heterocycles. The van der Waals surface area contributed by atoms with Crippen molar-refractivity contribution in [3.8, 4) is 11.3 Å². The van der Waals surface area contributed by atoms with Gasteiger partial charge in [0.15, 0.2) is 0 Å². The Kier molecular flexibility index (Phi) is 3.79. The van der Waals surface area contributed by atoms with E-state index in [0.717, 1.165) is 5.69 Å². The van der Waals surface area contributed by atoms with Crippen molar-refractivity contribution in [3.63, 3.8) is 0 Å². The van der Waals surface area contributed by atoms with E-state index in [2.05, 4.69) is 85.9 Å². The Morgan fingerprint density at radius 2 is 1.19 bits per heavy atom. The summed E-state index contributed by atoms with van der Waals surface area (Å²) in [6, 6.07) is 9.46. The van der Waals surface area contributed by atoms with Crippen molar-refractivity contribution in [1.29, 1.82) is 0 Å². The zero-order valence-corrected chi connectivity index (χ0v) is 18.5. The van der Waals surface area contributed by atoms with Crippen LogP contribution in [0.5, 0.6) is 0 Å². The molecule has 0 spiro atoms. The Bertz CT molecular complexity index is 912. The first-order valence-corrected chi connectivity index (χ1v) is 10.5. The predicted molar refractivity (Wildman–Crippen MR) is 116 cm³/mol. The number of aromatic nitrogens is 1. The minimum atomic E-state index is 0.214. The molecule has 1 nitrogen and oxygen atoms in total. The lowest BCUT2D eigenvalue weighted by Crippen LogP contribution is -2.33. The SMILES string of the molecule is CC1(C)CCC(C)(C)c2cc(-c3cc4c(cn3)C(C)(C)CC4(C)C)ccc21. The van der Waals surface area contributed by atoms with Crippen LogP contribution in [0.3, 0.4) is 0 Å². The molecule has 4 rings (SSSR count). The maximum atomic E-state index is 4.91. The van der Waals surface area contributed by atoms with E-state index in [4.69, 9.17) is 4.98 Å². The molecule has 2 aliphatic carbocycles. The summed E-state index contributed by atoms with van der Waals surface area (Å²) in [6.45, 7) is 19.0. The minimum Gasteiger partial charge on any atom is -0.256 e. The van der Waals surface area contributed by atoms with Gasteiger partial charge >= 0.3 is 0 Å². The Morgan fingerprint density at radius 1 is 0.630 bits per heavy atom. The Morgan fingerprint density at radius 3 is 1.85 bits per heavy atom. The van der Waals surface area contributed by atoms with Crippen molar-refractivity contribution in [3.05, 3.63) is 52.7 Å². The molecule has 2 aliphatic rings. The maximum absolute atomic E-state index is 4.91. The fourth-order valence-corrected chi connectivity index (χ4v) is 5.76. The van der Waals surface area contributed by atoms with Gasteiger partial charge in [-0.05, 0) is 75.3 Å². The van der Waals surface area contributed by atoms with E-state index in [-0.39, 0.29) is 21.7 Å². The van der Waals surface area contributed by atoms with Crippen LogP contribution in [0.15, 0.2) is 30.5 Å². The van der Waals surface area contributed by atoms with Gasteiger partial charge in [-0.2, -0.15) is 0 Å². The fraction of sp³-hybridized carbons (Fsp3) is 0.577. The highest BCUT2D eigenvalue weighted by atomic mass is 14.7. The first-order chi connectivity index (χ1) is 12.3. The number of rotatable bonds is 1. The molecule has 0 fully saturated rings. The summed E-state index contributed by atoms with van der Waals surface area (Å²) in [5.41, 5.74) is 9.26. The van der Waals surface area contributed by atoms with Gasteiger partial charge in [0.2, 0.25) is 0 Å². The van der Waals surface area contributed by atoms with Crippen LogP contribution in [0, 0.1) is 0 Å². The van der Waals surface area contributed by atoms with E-state index in [1.807, 2.05) is 0 Å². The van der Waals surface area contributed by atoms with Gasteiger partial charge in [0.1, 0.15) is 0 Å². The van der Waals surface area contributed by atoms with Crippen LogP contribution in [0.25, 0.3) is 11.3 Å². The van der Waals surface area contributed by atoms with Crippen LogP contribution >= 0.6 is 0 Å². The van der Waals surface area contributed by atoms with Crippen molar-refractivity contribution in [1.82, 2.24) is 4.98 Å². The third kappa shape index (κ3) is 2.85. The lowest BCUT2D eigenvalue weighted by molar-refractivity contribution is 0.332. The van der Waals surface area contributed by atoms with Crippen molar-refractivity contribution in [2.24, 2.45) is 0 Å². The molecule has 0 saturated carbocycles. The number of hydrogen-bond donors (Lipinski definition) is 0. The first-order valence-electron chi connectivity index (χ1n) is 10.5. The largest absolute Gasteiger partial charge is 0.256 e. The number of hydrogen-bond acceptors (Lipinski definition) is 1. The van der Waals surface area contributed by atoms with Crippen LogP contribution in [0.1, 0.15) is 96.9 Å². The van der Waals surface area contributed by atoms with E-state index in [9.17, 15) is 0 Å². The monoisotopic (exact) mass is 361 g/mol. The Hall–Kier alpha value is -1.63. The zero-order chi connectivity index (χ0) is 19.8. The van der Waals surface area contributed by atoms with E-state index < -0.39 is 0 Å². The second-order valence-corrected chi connectivity index (χ2v) is 11.6. The van der Waals surface area contributed by atoms with Gasteiger partial charge < -0.3 is 0 Å². The van der Waals surface area contributed by atoms with E-state index in [1.54, 1.807) is 0 Å². The molecule has 27 heavy (non-hydrogen) atoms. The number of nitrogens with zero attached hydrogens (tertiary/aromatic N) is 1. The molecule has 0 bridgehead atoms. The molecule has 0 N–H and O–H groups in total. The smallest absolute Gasteiger partial charge is 0.0705 e. The lowest BCUT2D eigenvalue weighted by atomic mass is 9.63. The van der Waals surface area contributed by atoms with E-state index >= 15 is 0 Å². The average molecular weight is 362 g/mol. The number of fused-ring (bicyclic) bond motifs is 2. The molecular formula is C26H35N. The van der Waals surface area contributed by atoms with Crippen LogP contribution in [0.4, 0.5) is 0 Å². The fourth-order valence-electron chi connectivity index (χ4n) is 5.76. The second-order valence-electron chi connectivity index (χ2n) is 11.6. The Labute approximate surface area is 165 Å². The molecule has 0 aliphatic heterocycles. The molecule has 2 aromatic rings. The molecule has 1 heterocycles. The summed E-state index contributed by atoms with van der Waals surface area (Å²) in [4.78, 5) is 4.91. The summed E-state index contributed by atoms with van der Waals surface area (Å²) >= 11 is 0. The highest BCUT2D eigenvalue weighted by Crippen LogP contribution is 2.50. The van der Waals surface area contributed by atoms with Crippen molar-refractivity contribution in [2.45, 2.75) is 96.3 Å². The Balaban J connectivity index is 1.85. The van der Waals surface area contributed by atoms with Crippen LogP contribution in [0.2, 0.25) is 0 Å². The van der Waals surface area contributed by atoms with Crippen LogP contribution in [-0.4, -0.2) is 4.98 Å². The van der Waals surface area contributed by atoms with Crippen molar-refractivity contribution >= 4 is 0 Å². The van der Waals surface area contributed by atoms with Gasteiger partial charge in [0, 0.05) is 11.8 Å². The molecule has 0 amide bonds. The van der Waals surface area contributed by atoms with Crippen molar-refractivity contribution < 1.29 is 0 Å². The van der Waals surface area contributed by atoms with E-state index in [1.165, 1.54) is 47.1 Å². The number of benzene rings is 1. The average Bonchev–Trinajstić information content (AvgIpc) is 2.76. The second kappa shape index (κ2) is 5.46. The topological polar surface area (TPSA) is 12.9 Å². The zero-order valence-electron chi connectivity index (χ0n) is 18.5. The van der Waals surface area contributed by atoms with Gasteiger partial charge in [0.05, 0.1) is 5.69 Å².